The van der Waals surface area contributed by atoms with Gasteiger partial charge in [-0.05, 0) is 17.7 Å². The molecule has 1 aromatic heterocycles. The summed E-state index contributed by atoms with van der Waals surface area (Å²) >= 11 is 5.71. The minimum absolute atomic E-state index is 0.0642. The number of nitrogens with one attached hydrogen (secondary N) is 1. The number of nitrogens with zero attached hydrogens (tertiary/aromatic N) is 2. The van der Waals surface area contributed by atoms with E-state index >= 15 is 0 Å². The average Bonchev–Trinajstić information content (AvgIpc) is 2.51. The summed E-state index contributed by atoms with van der Waals surface area (Å²) < 4.78 is 13.5. The third-order valence-electron chi connectivity index (χ3n) is 4.10. The Morgan fingerprint density at radius 3 is 2.91 bits per heavy atom. The molecule has 1 aliphatic heterocycles. The van der Waals surface area contributed by atoms with Crippen molar-refractivity contribution in [3.63, 3.8) is 0 Å². The molecule has 4 nitrogen and oxygen atoms in total. The van der Waals surface area contributed by atoms with E-state index in [1.54, 1.807) is 6.07 Å². The van der Waals surface area contributed by atoms with Crippen molar-refractivity contribution in [1.82, 2.24) is 14.9 Å². The van der Waals surface area contributed by atoms with Gasteiger partial charge in [-0.25, -0.2) is 9.37 Å². The molecule has 23 heavy (non-hydrogen) atoms. The van der Waals surface area contributed by atoms with E-state index in [2.05, 4.69) is 14.9 Å². The van der Waals surface area contributed by atoms with Crippen LogP contribution in [-0.2, 0) is 19.5 Å². The molecule has 0 atom stereocenters. The van der Waals surface area contributed by atoms with E-state index < -0.39 is 5.82 Å². The fourth-order valence-corrected chi connectivity index (χ4v) is 2.92. The van der Waals surface area contributed by atoms with Gasteiger partial charge in [-0.15, -0.1) is 0 Å². The molecule has 0 saturated carbocycles. The summed E-state index contributed by atoms with van der Waals surface area (Å²) in [5.41, 5.74) is 2.38. The van der Waals surface area contributed by atoms with Crippen molar-refractivity contribution in [2.45, 2.75) is 39.3 Å². The van der Waals surface area contributed by atoms with E-state index in [1.165, 1.54) is 6.07 Å². The molecule has 0 amide bonds. The molecule has 1 aromatic carbocycles. The molecule has 0 spiro atoms. The van der Waals surface area contributed by atoms with Crippen LogP contribution in [0.25, 0.3) is 0 Å². The summed E-state index contributed by atoms with van der Waals surface area (Å²) in [6.45, 7) is 5.92. The Balaban J connectivity index is 1.80. The lowest BCUT2D eigenvalue weighted by Crippen LogP contribution is -2.36. The highest BCUT2D eigenvalue weighted by Gasteiger charge is 2.22. The first kappa shape index (κ1) is 16.1. The van der Waals surface area contributed by atoms with Crippen LogP contribution in [0, 0.1) is 5.82 Å². The fourth-order valence-electron chi connectivity index (χ4n) is 2.80. The standard InChI is InChI=1S/C17H19ClFN3O/c1-10(2)16-20-15-5-6-22(9-12(15)17(23)21-16)8-11-3-4-13(18)14(19)7-11/h3-4,7,10H,5-6,8-9H2,1-2H3,(H,20,21,23). The second kappa shape index (κ2) is 6.42. The number of hydrogen-bond acceptors (Lipinski definition) is 3. The molecule has 122 valence electrons. The van der Waals surface area contributed by atoms with Crippen LogP contribution in [0.3, 0.4) is 0 Å². The van der Waals surface area contributed by atoms with Gasteiger partial charge in [-0.1, -0.05) is 31.5 Å². The number of halogens is 2. The van der Waals surface area contributed by atoms with Crippen molar-refractivity contribution in [3.8, 4) is 0 Å². The van der Waals surface area contributed by atoms with E-state index in [-0.39, 0.29) is 16.5 Å². The van der Waals surface area contributed by atoms with Gasteiger partial charge >= 0.3 is 0 Å². The fraction of sp³-hybridized carbons (Fsp3) is 0.412. The van der Waals surface area contributed by atoms with Crippen LogP contribution in [-0.4, -0.2) is 21.4 Å². The number of H-pyrrole nitrogens is 1. The van der Waals surface area contributed by atoms with E-state index in [0.717, 1.165) is 35.6 Å². The number of aromatic amines is 1. The number of rotatable bonds is 3. The SMILES string of the molecule is CC(C)c1nc2c(c(=O)[nH]1)CN(Cc1ccc(Cl)c(F)c1)CC2. The van der Waals surface area contributed by atoms with Crippen LogP contribution in [0.1, 0.15) is 42.4 Å². The zero-order valence-electron chi connectivity index (χ0n) is 13.2. The predicted octanol–water partition coefficient (Wildman–Crippen LogP) is 3.24. The number of benzene rings is 1. The molecule has 0 saturated heterocycles. The Morgan fingerprint density at radius 1 is 1.43 bits per heavy atom. The maximum atomic E-state index is 13.5. The molecule has 0 unspecified atom stereocenters. The van der Waals surface area contributed by atoms with Gasteiger partial charge < -0.3 is 4.98 Å². The summed E-state index contributed by atoms with van der Waals surface area (Å²) in [5, 5.41) is 0.125. The van der Waals surface area contributed by atoms with Gasteiger partial charge in [-0.3, -0.25) is 9.69 Å². The molecular weight excluding hydrogens is 317 g/mol. The molecule has 0 radical (unpaired) electrons. The predicted molar refractivity (Wildman–Crippen MR) is 88.2 cm³/mol. The van der Waals surface area contributed by atoms with Crippen molar-refractivity contribution in [3.05, 3.63) is 62.0 Å². The number of fused-ring (bicyclic) bond motifs is 1. The third kappa shape index (κ3) is 3.46. The van der Waals surface area contributed by atoms with Crippen LogP contribution in [0.4, 0.5) is 4.39 Å². The second-order valence-corrected chi connectivity index (χ2v) is 6.65. The van der Waals surface area contributed by atoms with E-state index in [0.29, 0.717) is 13.1 Å². The Bertz CT molecular complexity index is 788. The van der Waals surface area contributed by atoms with Gasteiger partial charge in [0.1, 0.15) is 11.6 Å². The van der Waals surface area contributed by atoms with Gasteiger partial charge in [0.25, 0.3) is 5.56 Å². The van der Waals surface area contributed by atoms with E-state index in [1.807, 2.05) is 19.9 Å². The topological polar surface area (TPSA) is 49.0 Å². The Morgan fingerprint density at radius 2 is 2.22 bits per heavy atom. The summed E-state index contributed by atoms with van der Waals surface area (Å²) in [4.78, 5) is 21.9. The first-order valence-corrected chi connectivity index (χ1v) is 8.10. The van der Waals surface area contributed by atoms with Gasteiger partial charge in [0.2, 0.25) is 0 Å². The van der Waals surface area contributed by atoms with Gasteiger partial charge in [0, 0.05) is 32.0 Å². The Labute approximate surface area is 139 Å². The highest BCUT2D eigenvalue weighted by molar-refractivity contribution is 6.30. The van der Waals surface area contributed by atoms with Crippen molar-refractivity contribution in [2.24, 2.45) is 0 Å². The monoisotopic (exact) mass is 335 g/mol. The third-order valence-corrected chi connectivity index (χ3v) is 4.41. The lowest BCUT2D eigenvalue weighted by atomic mass is 10.0. The van der Waals surface area contributed by atoms with Crippen LogP contribution in [0.2, 0.25) is 5.02 Å². The van der Waals surface area contributed by atoms with Gasteiger partial charge in [0.05, 0.1) is 16.3 Å². The molecular formula is C17H19ClFN3O. The maximum absolute atomic E-state index is 13.5. The van der Waals surface area contributed by atoms with Crippen molar-refractivity contribution >= 4 is 11.6 Å². The highest BCUT2D eigenvalue weighted by Crippen LogP contribution is 2.20. The lowest BCUT2D eigenvalue weighted by Gasteiger charge is -2.28. The minimum atomic E-state index is -0.414. The van der Waals surface area contributed by atoms with Crippen LogP contribution >= 0.6 is 11.6 Å². The molecule has 6 heteroatoms. The molecule has 1 aliphatic rings. The molecule has 2 aromatic rings. The first-order valence-electron chi connectivity index (χ1n) is 7.72. The van der Waals surface area contributed by atoms with Gasteiger partial charge in [-0.2, -0.15) is 0 Å². The molecule has 3 rings (SSSR count). The van der Waals surface area contributed by atoms with Crippen LogP contribution < -0.4 is 5.56 Å². The van der Waals surface area contributed by atoms with Crippen molar-refractivity contribution in [2.75, 3.05) is 6.54 Å². The average molecular weight is 336 g/mol. The molecule has 0 aliphatic carbocycles. The Kier molecular flexibility index (Phi) is 4.50. The van der Waals surface area contributed by atoms with Crippen molar-refractivity contribution < 1.29 is 4.39 Å². The van der Waals surface area contributed by atoms with Crippen molar-refractivity contribution in [1.29, 1.82) is 0 Å². The molecule has 0 bridgehead atoms. The zero-order valence-corrected chi connectivity index (χ0v) is 14.0. The van der Waals surface area contributed by atoms with E-state index in [9.17, 15) is 9.18 Å². The van der Waals surface area contributed by atoms with Gasteiger partial charge in [0.15, 0.2) is 0 Å². The highest BCUT2D eigenvalue weighted by atomic mass is 35.5. The smallest absolute Gasteiger partial charge is 0.255 e. The largest absolute Gasteiger partial charge is 0.310 e. The summed E-state index contributed by atoms with van der Waals surface area (Å²) in [6.07, 6.45) is 0.731. The van der Waals surface area contributed by atoms with Crippen LogP contribution in [0.15, 0.2) is 23.0 Å². The first-order chi connectivity index (χ1) is 10.9. The second-order valence-electron chi connectivity index (χ2n) is 6.24. The number of hydrogen-bond donors (Lipinski definition) is 1. The molecule has 0 fully saturated rings. The quantitative estimate of drug-likeness (QED) is 0.936. The normalized spacial score (nSPS) is 15.0. The Hall–Kier alpha value is -1.72. The lowest BCUT2D eigenvalue weighted by molar-refractivity contribution is 0.241. The summed E-state index contributed by atoms with van der Waals surface area (Å²) in [6, 6.07) is 4.82. The van der Waals surface area contributed by atoms with E-state index in [4.69, 9.17) is 11.6 Å². The minimum Gasteiger partial charge on any atom is -0.310 e. The summed E-state index contributed by atoms with van der Waals surface area (Å²) in [7, 11) is 0. The maximum Gasteiger partial charge on any atom is 0.255 e. The summed E-state index contributed by atoms with van der Waals surface area (Å²) in [5.74, 6) is 0.521. The number of aromatic nitrogens is 2. The molecule has 1 N–H and O–H groups in total. The zero-order chi connectivity index (χ0) is 16.6. The van der Waals surface area contributed by atoms with Crippen LogP contribution in [0.5, 0.6) is 0 Å². The molecule has 2 heterocycles.